The molecule has 0 aliphatic heterocycles. The maximum absolute atomic E-state index is 13.0. The maximum atomic E-state index is 13.0. The average Bonchev–Trinajstić information content (AvgIpc) is 3.23. The van der Waals surface area contributed by atoms with Gasteiger partial charge in [-0.2, -0.15) is 0 Å². The molecular weight excluding hydrogens is 792 g/mol. The fourth-order valence-electron chi connectivity index (χ4n) is 8.51. The van der Waals surface area contributed by atoms with Crippen molar-refractivity contribution in [3.05, 3.63) is 0 Å². The van der Waals surface area contributed by atoms with Gasteiger partial charge in [0.2, 0.25) is 5.91 Å². The number of hydrogen-bond donors (Lipinski definition) is 2. The van der Waals surface area contributed by atoms with Crippen LogP contribution in [0.3, 0.4) is 0 Å². The monoisotopic (exact) mass is 901 g/mol. The van der Waals surface area contributed by atoms with E-state index in [1.54, 1.807) is 0 Å². The van der Waals surface area contributed by atoms with Gasteiger partial charge < -0.3 is 28.8 Å². The molecule has 0 aromatic heterocycles. The number of rotatable bonds is 51. The highest BCUT2D eigenvalue weighted by atomic mass is 31.2. The van der Waals surface area contributed by atoms with Crippen molar-refractivity contribution in [2.45, 2.75) is 296 Å². The molecule has 0 radical (unpaired) electrons. The SMILES string of the molecule is CCCCCCCCCCCCCCCCCCCCCCCCCC(=O)N[C@@H](COP(=O)([O-])OCC[N+](C)(C)C)[C@H](O)CCCCCCCCCCCCCCCCCCC. The van der Waals surface area contributed by atoms with Crippen LogP contribution in [-0.2, 0) is 18.4 Å². The largest absolute Gasteiger partial charge is 0.756 e. The topological polar surface area (TPSA) is 108 Å². The van der Waals surface area contributed by atoms with Gasteiger partial charge in [0.25, 0.3) is 7.82 Å². The second-order valence-electron chi connectivity index (χ2n) is 20.3. The number of amides is 1. The predicted octanol–water partition coefficient (Wildman–Crippen LogP) is 15.5. The Balaban J connectivity index is 4.15. The highest BCUT2D eigenvalue weighted by Crippen LogP contribution is 2.38. The van der Waals surface area contributed by atoms with E-state index in [4.69, 9.17) is 9.05 Å². The van der Waals surface area contributed by atoms with Crippen molar-refractivity contribution >= 4 is 13.7 Å². The van der Waals surface area contributed by atoms with E-state index in [1.807, 2.05) is 21.1 Å². The zero-order valence-corrected chi connectivity index (χ0v) is 43.3. The number of quaternary nitrogens is 1. The van der Waals surface area contributed by atoms with Crippen LogP contribution in [0.15, 0.2) is 0 Å². The standard InChI is InChI=1S/C53H109N2O6P/c1-6-8-10-12-14-16-18-20-22-24-25-26-27-28-29-31-33-35-37-39-41-43-45-47-53(57)54-51(50-61-62(58,59)60-49-48-55(3,4)5)52(56)46-44-42-40-38-36-34-32-30-23-21-19-17-15-13-11-9-7-2/h51-52,56H,6-50H2,1-5H3,(H-,54,57,58,59)/t51-,52+/m0/s1. The van der Waals surface area contributed by atoms with Crippen molar-refractivity contribution in [1.82, 2.24) is 5.32 Å². The Hall–Kier alpha value is -0.500. The highest BCUT2D eigenvalue weighted by Gasteiger charge is 2.24. The fourth-order valence-corrected chi connectivity index (χ4v) is 9.24. The molecule has 9 heteroatoms. The smallest absolute Gasteiger partial charge is 0.268 e. The molecule has 3 atom stereocenters. The Labute approximate surface area is 387 Å². The Morgan fingerprint density at radius 2 is 0.790 bits per heavy atom. The van der Waals surface area contributed by atoms with E-state index in [9.17, 15) is 19.4 Å². The molecule has 0 bridgehead atoms. The summed E-state index contributed by atoms with van der Waals surface area (Å²) >= 11 is 0. The molecule has 2 N–H and O–H groups in total. The van der Waals surface area contributed by atoms with Crippen molar-refractivity contribution in [2.75, 3.05) is 40.9 Å². The number of nitrogens with zero attached hydrogens (tertiary/aromatic N) is 1. The van der Waals surface area contributed by atoms with Crippen molar-refractivity contribution < 1.29 is 32.9 Å². The molecular formula is C53H109N2O6P. The summed E-state index contributed by atoms with van der Waals surface area (Å²) in [7, 11) is 1.32. The Kier molecular flexibility index (Phi) is 45.3. The number of likely N-dealkylation sites (N-methyl/N-ethyl adjacent to an activating group) is 1. The lowest BCUT2D eigenvalue weighted by Gasteiger charge is -2.30. The number of carbonyl (C=O) groups is 1. The Bertz CT molecular complexity index is 978. The van der Waals surface area contributed by atoms with Gasteiger partial charge in [0.15, 0.2) is 0 Å². The molecule has 1 amide bonds. The van der Waals surface area contributed by atoms with Gasteiger partial charge in [-0.3, -0.25) is 9.36 Å². The second kappa shape index (κ2) is 45.6. The van der Waals surface area contributed by atoms with Gasteiger partial charge in [0, 0.05) is 6.42 Å². The molecule has 0 spiro atoms. The first-order valence-electron chi connectivity index (χ1n) is 27.4. The molecule has 0 saturated heterocycles. The van der Waals surface area contributed by atoms with Crippen LogP contribution in [0.4, 0.5) is 0 Å². The summed E-state index contributed by atoms with van der Waals surface area (Å²) in [6.45, 7) is 4.77. The summed E-state index contributed by atoms with van der Waals surface area (Å²) in [5, 5.41) is 14.0. The number of phosphoric acid groups is 1. The molecule has 0 aliphatic carbocycles. The van der Waals surface area contributed by atoms with Gasteiger partial charge in [-0.05, 0) is 12.8 Å². The van der Waals surface area contributed by atoms with Crippen LogP contribution in [0.1, 0.15) is 284 Å². The minimum atomic E-state index is -4.56. The third kappa shape index (κ3) is 47.5. The predicted molar refractivity (Wildman–Crippen MR) is 266 cm³/mol. The summed E-state index contributed by atoms with van der Waals surface area (Å²) < 4.78 is 23.4. The molecule has 0 aliphatic rings. The lowest BCUT2D eigenvalue weighted by Crippen LogP contribution is -2.46. The van der Waals surface area contributed by atoms with Crippen LogP contribution in [0, 0.1) is 0 Å². The van der Waals surface area contributed by atoms with Crippen molar-refractivity contribution in [2.24, 2.45) is 0 Å². The molecule has 372 valence electrons. The summed E-state index contributed by atoms with van der Waals surface area (Å²) in [6, 6.07) is -0.794. The van der Waals surface area contributed by atoms with E-state index in [1.165, 1.54) is 218 Å². The van der Waals surface area contributed by atoms with Gasteiger partial charge in [-0.1, -0.05) is 264 Å². The number of hydrogen-bond acceptors (Lipinski definition) is 6. The van der Waals surface area contributed by atoms with E-state index >= 15 is 0 Å². The summed E-state index contributed by atoms with van der Waals surface area (Å²) in [6.07, 6.45) is 52.6. The van der Waals surface area contributed by atoms with Crippen LogP contribution in [-0.4, -0.2) is 68.5 Å². The van der Waals surface area contributed by atoms with Gasteiger partial charge >= 0.3 is 0 Å². The number of carbonyl (C=O) groups excluding carboxylic acids is 1. The zero-order valence-electron chi connectivity index (χ0n) is 42.4. The molecule has 0 rings (SSSR count). The maximum Gasteiger partial charge on any atom is 0.268 e. The van der Waals surface area contributed by atoms with Crippen LogP contribution in [0.2, 0.25) is 0 Å². The highest BCUT2D eigenvalue weighted by molar-refractivity contribution is 7.45. The van der Waals surface area contributed by atoms with Gasteiger partial charge in [-0.25, -0.2) is 0 Å². The van der Waals surface area contributed by atoms with E-state index in [-0.39, 0.29) is 19.1 Å². The van der Waals surface area contributed by atoms with Crippen LogP contribution in [0.25, 0.3) is 0 Å². The van der Waals surface area contributed by atoms with Crippen LogP contribution >= 0.6 is 7.82 Å². The van der Waals surface area contributed by atoms with Crippen molar-refractivity contribution in [3.63, 3.8) is 0 Å². The molecule has 8 nitrogen and oxygen atoms in total. The third-order valence-electron chi connectivity index (χ3n) is 12.8. The molecule has 1 unspecified atom stereocenters. The first-order valence-corrected chi connectivity index (χ1v) is 28.8. The number of phosphoric ester groups is 1. The number of unbranched alkanes of at least 4 members (excludes halogenated alkanes) is 38. The normalized spacial score (nSPS) is 14.0. The van der Waals surface area contributed by atoms with Crippen molar-refractivity contribution in [3.8, 4) is 0 Å². The minimum absolute atomic E-state index is 0.0165. The van der Waals surface area contributed by atoms with Crippen molar-refractivity contribution in [1.29, 1.82) is 0 Å². The van der Waals surface area contributed by atoms with Gasteiger partial charge in [0.1, 0.15) is 13.2 Å². The molecule has 62 heavy (non-hydrogen) atoms. The summed E-state index contributed by atoms with van der Waals surface area (Å²) in [5.41, 5.74) is 0. The van der Waals surface area contributed by atoms with Crippen LogP contribution < -0.4 is 10.2 Å². The fraction of sp³-hybridized carbons (Fsp3) is 0.981. The lowest BCUT2D eigenvalue weighted by atomic mass is 10.0. The molecule has 0 fully saturated rings. The summed E-state index contributed by atoms with van der Waals surface area (Å²) in [5.74, 6) is -0.157. The average molecular weight is 901 g/mol. The molecule has 0 saturated carbocycles. The number of nitrogens with one attached hydrogen (secondary N) is 1. The van der Waals surface area contributed by atoms with E-state index in [0.717, 1.165) is 38.5 Å². The quantitative estimate of drug-likeness (QED) is 0.0358. The molecule has 0 heterocycles. The Morgan fingerprint density at radius 3 is 1.10 bits per heavy atom. The minimum Gasteiger partial charge on any atom is -0.756 e. The van der Waals surface area contributed by atoms with E-state index < -0.39 is 20.0 Å². The summed E-state index contributed by atoms with van der Waals surface area (Å²) in [4.78, 5) is 25.5. The second-order valence-corrected chi connectivity index (χ2v) is 21.7. The first kappa shape index (κ1) is 61.5. The number of aliphatic hydroxyl groups excluding tert-OH is 1. The lowest BCUT2D eigenvalue weighted by molar-refractivity contribution is -0.870. The molecule has 0 aromatic rings. The van der Waals surface area contributed by atoms with Crippen LogP contribution in [0.5, 0.6) is 0 Å². The Morgan fingerprint density at radius 1 is 0.500 bits per heavy atom. The third-order valence-corrected chi connectivity index (χ3v) is 13.8. The first-order chi connectivity index (χ1) is 30.0. The molecule has 0 aromatic carbocycles. The van der Waals surface area contributed by atoms with E-state index in [2.05, 4.69) is 19.2 Å². The zero-order chi connectivity index (χ0) is 45.7. The van der Waals surface area contributed by atoms with E-state index in [0.29, 0.717) is 23.9 Å². The number of aliphatic hydroxyl groups is 1. The van der Waals surface area contributed by atoms with Gasteiger partial charge in [0.05, 0.1) is 39.9 Å². The van der Waals surface area contributed by atoms with Gasteiger partial charge in [-0.15, -0.1) is 0 Å².